The second kappa shape index (κ2) is 8.63. The van der Waals surface area contributed by atoms with Crippen LogP contribution in [0.4, 0.5) is 5.69 Å². The summed E-state index contributed by atoms with van der Waals surface area (Å²) in [6.07, 6.45) is 0.706. The molecule has 0 aliphatic carbocycles. The SMILES string of the molecule is COCCCN(C(=S)c1c(O)c2cc(Cl)cc3c2n(c1=O)CCO3)c1ccccc1. The number of ether oxygens (including phenoxy) is 2. The van der Waals surface area contributed by atoms with E-state index in [0.29, 0.717) is 54.4 Å². The van der Waals surface area contributed by atoms with Crippen molar-refractivity contribution >= 4 is 45.4 Å². The minimum atomic E-state index is -0.343. The van der Waals surface area contributed by atoms with E-state index in [-0.39, 0.29) is 21.9 Å². The van der Waals surface area contributed by atoms with E-state index >= 15 is 0 Å². The monoisotopic (exact) mass is 444 g/mol. The molecule has 2 aromatic carbocycles. The summed E-state index contributed by atoms with van der Waals surface area (Å²) >= 11 is 12.0. The summed E-state index contributed by atoms with van der Waals surface area (Å²) in [5.41, 5.74) is 1.12. The number of pyridine rings is 1. The lowest BCUT2D eigenvalue weighted by Gasteiger charge is -2.27. The van der Waals surface area contributed by atoms with Crippen LogP contribution in [0, 0.1) is 0 Å². The first-order valence-electron chi connectivity index (χ1n) is 9.60. The van der Waals surface area contributed by atoms with E-state index in [1.54, 1.807) is 23.8 Å². The fourth-order valence-electron chi connectivity index (χ4n) is 3.73. The van der Waals surface area contributed by atoms with Gasteiger partial charge in [-0.25, -0.2) is 0 Å². The van der Waals surface area contributed by atoms with Crippen molar-refractivity contribution in [3.63, 3.8) is 0 Å². The number of rotatable bonds is 6. The molecule has 156 valence electrons. The van der Waals surface area contributed by atoms with Crippen molar-refractivity contribution in [2.45, 2.75) is 13.0 Å². The van der Waals surface area contributed by atoms with Crippen LogP contribution >= 0.6 is 23.8 Å². The van der Waals surface area contributed by atoms with Gasteiger partial charge in [0.25, 0.3) is 5.56 Å². The molecule has 1 N–H and O–H groups in total. The zero-order chi connectivity index (χ0) is 21.3. The molecule has 2 heterocycles. The number of benzene rings is 2. The number of nitrogens with zero attached hydrogens (tertiary/aromatic N) is 2. The second-order valence-corrected chi connectivity index (χ2v) is 7.79. The molecule has 3 aromatic rings. The number of thiocarbonyl (C=S) groups is 1. The highest BCUT2D eigenvalue weighted by Crippen LogP contribution is 2.37. The summed E-state index contributed by atoms with van der Waals surface area (Å²) < 4.78 is 12.4. The molecule has 0 atom stereocenters. The van der Waals surface area contributed by atoms with E-state index in [9.17, 15) is 9.90 Å². The minimum absolute atomic E-state index is 0.0916. The third kappa shape index (κ3) is 3.64. The molecule has 0 bridgehead atoms. The number of para-hydroxylation sites is 1. The largest absolute Gasteiger partial charge is 0.506 e. The van der Waals surface area contributed by atoms with Crippen LogP contribution in [0.15, 0.2) is 47.3 Å². The van der Waals surface area contributed by atoms with E-state index in [4.69, 9.17) is 33.3 Å². The number of halogens is 1. The minimum Gasteiger partial charge on any atom is -0.506 e. The first kappa shape index (κ1) is 20.7. The Morgan fingerprint density at radius 1 is 1.33 bits per heavy atom. The summed E-state index contributed by atoms with van der Waals surface area (Å²) in [6, 6.07) is 12.8. The number of aromatic hydroxyl groups is 1. The molecule has 0 amide bonds. The van der Waals surface area contributed by atoms with Gasteiger partial charge in [0.15, 0.2) is 0 Å². The molecular weight excluding hydrogens is 424 g/mol. The summed E-state index contributed by atoms with van der Waals surface area (Å²) in [5.74, 6) is 0.298. The van der Waals surface area contributed by atoms with Crippen LogP contribution in [-0.4, -0.2) is 41.5 Å². The van der Waals surface area contributed by atoms with Crippen molar-refractivity contribution in [1.82, 2.24) is 4.57 Å². The maximum Gasteiger partial charge on any atom is 0.265 e. The van der Waals surface area contributed by atoms with Crippen molar-refractivity contribution in [2.24, 2.45) is 0 Å². The molecule has 0 saturated carbocycles. The molecule has 1 aliphatic heterocycles. The summed E-state index contributed by atoms with van der Waals surface area (Å²) in [6.45, 7) is 1.80. The molecule has 0 fully saturated rings. The Labute approximate surface area is 184 Å². The van der Waals surface area contributed by atoms with Crippen LogP contribution in [-0.2, 0) is 11.3 Å². The topological polar surface area (TPSA) is 63.9 Å². The van der Waals surface area contributed by atoms with E-state index in [2.05, 4.69) is 0 Å². The second-order valence-electron chi connectivity index (χ2n) is 6.97. The zero-order valence-electron chi connectivity index (χ0n) is 16.4. The highest BCUT2D eigenvalue weighted by molar-refractivity contribution is 7.81. The third-order valence-electron chi connectivity index (χ3n) is 5.09. The van der Waals surface area contributed by atoms with Crippen LogP contribution in [0.2, 0.25) is 5.02 Å². The van der Waals surface area contributed by atoms with Crippen molar-refractivity contribution in [1.29, 1.82) is 0 Å². The van der Waals surface area contributed by atoms with Crippen molar-refractivity contribution < 1.29 is 14.6 Å². The van der Waals surface area contributed by atoms with Crippen LogP contribution in [0.25, 0.3) is 10.9 Å². The Balaban J connectivity index is 1.89. The molecule has 0 spiro atoms. The van der Waals surface area contributed by atoms with Crippen LogP contribution < -0.4 is 15.2 Å². The standard InChI is InChI=1S/C22H21ClN2O4S/c1-28-10-5-8-24(15-6-3-2-4-7-15)22(30)18-20(26)16-12-14(23)13-17-19(16)25(21(18)27)9-11-29-17/h2-4,6-7,12-13,26H,5,8-11H2,1H3. The van der Waals surface area contributed by atoms with Gasteiger partial charge in [0.05, 0.1) is 12.1 Å². The number of hydrogen-bond donors (Lipinski definition) is 1. The van der Waals surface area contributed by atoms with Crippen LogP contribution in [0.1, 0.15) is 12.0 Å². The lowest BCUT2D eigenvalue weighted by atomic mass is 10.1. The number of methoxy groups -OCH3 is 1. The zero-order valence-corrected chi connectivity index (χ0v) is 18.0. The molecule has 8 heteroatoms. The normalized spacial score (nSPS) is 12.6. The molecule has 1 aliphatic rings. The fraction of sp³-hybridized carbons (Fsp3) is 0.273. The quantitative estimate of drug-likeness (QED) is 0.458. The molecule has 6 nitrogen and oxygen atoms in total. The predicted octanol–water partition coefficient (Wildman–Crippen LogP) is 3.97. The van der Waals surface area contributed by atoms with Gasteiger partial charge in [0, 0.05) is 42.4 Å². The average Bonchev–Trinajstić information content (AvgIpc) is 2.75. The molecule has 1 aromatic heterocycles. The lowest BCUT2D eigenvalue weighted by Crippen LogP contribution is -2.38. The van der Waals surface area contributed by atoms with Gasteiger partial charge in [-0.2, -0.15) is 0 Å². The lowest BCUT2D eigenvalue weighted by molar-refractivity contribution is 0.197. The molecular formula is C22H21ClN2O4S. The maximum absolute atomic E-state index is 13.4. The third-order valence-corrected chi connectivity index (χ3v) is 5.73. The smallest absolute Gasteiger partial charge is 0.265 e. The van der Waals surface area contributed by atoms with Crippen LogP contribution in [0.3, 0.4) is 0 Å². The van der Waals surface area contributed by atoms with E-state index in [1.165, 1.54) is 0 Å². The molecule has 30 heavy (non-hydrogen) atoms. The van der Waals surface area contributed by atoms with Gasteiger partial charge >= 0.3 is 0 Å². The first-order valence-corrected chi connectivity index (χ1v) is 10.4. The van der Waals surface area contributed by atoms with Crippen LogP contribution in [0.5, 0.6) is 11.5 Å². The van der Waals surface area contributed by atoms with Gasteiger partial charge < -0.3 is 24.0 Å². The van der Waals surface area contributed by atoms with Gasteiger partial charge in [-0.15, -0.1) is 0 Å². The van der Waals surface area contributed by atoms with Gasteiger partial charge in [-0.3, -0.25) is 4.79 Å². The first-order chi connectivity index (χ1) is 14.5. The Hall–Kier alpha value is -2.61. The van der Waals surface area contributed by atoms with Gasteiger partial charge in [-0.1, -0.05) is 42.0 Å². The summed E-state index contributed by atoms with van der Waals surface area (Å²) in [5, 5.41) is 12.0. The maximum atomic E-state index is 13.4. The Bertz CT molecular complexity index is 1160. The Morgan fingerprint density at radius 3 is 2.83 bits per heavy atom. The van der Waals surface area contributed by atoms with Crippen molar-refractivity contribution in [2.75, 3.05) is 31.8 Å². The highest BCUT2D eigenvalue weighted by Gasteiger charge is 2.27. The summed E-state index contributed by atoms with van der Waals surface area (Å²) in [7, 11) is 1.64. The van der Waals surface area contributed by atoms with E-state index in [0.717, 1.165) is 5.69 Å². The van der Waals surface area contributed by atoms with Crippen molar-refractivity contribution in [3.05, 3.63) is 63.4 Å². The molecule has 0 unspecified atom stereocenters. The Kier molecular flexibility index (Phi) is 5.94. The predicted molar refractivity (Wildman–Crippen MR) is 122 cm³/mol. The Morgan fingerprint density at radius 2 is 2.10 bits per heavy atom. The molecule has 0 saturated heterocycles. The highest BCUT2D eigenvalue weighted by atomic mass is 35.5. The van der Waals surface area contributed by atoms with Gasteiger partial charge in [0.1, 0.15) is 28.7 Å². The number of anilines is 1. The van der Waals surface area contributed by atoms with Gasteiger partial charge in [0.2, 0.25) is 0 Å². The van der Waals surface area contributed by atoms with E-state index < -0.39 is 0 Å². The van der Waals surface area contributed by atoms with E-state index in [1.807, 2.05) is 35.2 Å². The van der Waals surface area contributed by atoms with Gasteiger partial charge in [-0.05, 0) is 24.6 Å². The average molecular weight is 445 g/mol. The van der Waals surface area contributed by atoms with Crippen molar-refractivity contribution in [3.8, 4) is 11.5 Å². The molecule has 0 radical (unpaired) electrons. The molecule has 4 rings (SSSR count). The fourth-order valence-corrected chi connectivity index (χ4v) is 4.32. The number of aromatic nitrogens is 1. The summed E-state index contributed by atoms with van der Waals surface area (Å²) in [4.78, 5) is 15.5. The number of hydrogen-bond acceptors (Lipinski definition) is 5.